The van der Waals surface area contributed by atoms with Crippen LogP contribution in [0.5, 0.6) is 0 Å². The predicted molar refractivity (Wildman–Crippen MR) is 77.8 cm³/mol. The van der Waals surface area contributed by atoms with Crippen LogP contribution in [-0.2, 0) is 4.79 Å². The number of hydrogen-bond donors (Lipinski definition) is 2. The number of carbonyl (C=O) groups excluding carboxylic acids is 1. The van der Waals surface area contributed by atoms with Gasteiger partial charge in [-0.05, 0) is 26.0 Å². The highest BCUT2D eigenvalue weighted by Crippen LogP contribution is 2.25. The van der Waals surface area contributed by atoms with Crippen LogP contribution in [0.25, 0.3) is 0 Å². The van der Waals surface area contributed by atoms with E-state index in [1.165, 1.54) is 0 Å². The molecule has 1 saturated heterocycles. The van der Waals surface area contributed by atoms with Crippen molar-refractivity contribution in [3.63, 3.8) is 0 Å². The first-order valence-corrected chi connectivity index (χ1v) is 7.08. The van der Waals surface area contributed by atoms with E-state index in [-0.39, 0.29) is 0 Å². The van der Waals surface area contributed by atoms with Crippen molar-refractivity contribution >= 4 is 17.4 Å². The van der Waals surface area contributed by atoms with Gasteiger partial charge in [0, 0.05) is 19.5 Å². The van der Waals surface area contributed by atoms with Crippen LogP contribution in [0.1, 0.15) is 20.3 Å². The average Bonchev–Trinajstić information content (AvgIpc) is 2.82. The van der Waals surface area contributed by atoms with E-state index in [0.29, 0.717) is 5.69 Å². The molecule has 2 rings (SSSR count). The van der Waals surface area contributed by atoms with Gasteiger partial charge in [-0.3, -0.25) is 10.1 Å². The number of aromatic nitrogens is 1. The maximum Gasteiger partial charge on any atom is 0.262 e. The van der Waals surface area contributed by atoms with Crippen molar-refractivity contribution in [1.82, 2.24) is 10.3 Å². The van der Waals surface area contributed by atoms with Gasteiger partial charge in [0.05, 0.1) is 24.5 Å². The van der Waals surface area contributed by atoms with Crippen LogP contribution in [0.3, 0.4) is 0 Å². The van der Waals surface area contributed by atoms with Gasteiger partial charge in [-0.1, -0.05) is 0 Å². The fourth-order valence-corrected chi connectivity index (χ4v) is 2.32. The maximum atomic E-state index is 13.1. The molecule has 1 unspecified atom stereocenters. The lowest BCUT2D eigenvalue weighted by atomic mass is 10.2. The number of carbonyl (C=O) groups is 1. The molecule has 0 saturated carbocycles. The zero-order chi connectivity index (χ0) is 15.5. The summed E-state index contributed by atoms with van der Waals surface area (Å²) < 4.78 is 26.1. The third kappa shape index (κ3) is 3.87. The van der Waals surface area contributed by atoms with E-state index in [9.17, 15) is 13.6 Å². The molecule has 0 radical (unpaired) electrons. The minimum Gasteiger partial charge on any atom is -0.357 e. The first-order valence-electron chi connectivity index (χ1n) is 7.08. The Morgan fingerprint density at radius 2 is 2.19 bits per heavy atom. The Labute approximate surface area is 122 Å². The summed E-state index contributed by atoms with van der Waals surface area (Å²) in [5, 5.41) is 5.13. The Morgan fingerprint density at radius 1 is 1.48 bits per heavy atom. The molecular formula is C14H20F2N4O. The molecule has 1 aromatic rings. The molecule has 1 aromatic heterocycles. The second-order valence-corrected chi connectivity index (χ2v) is 5.06. The van der Waals surface area contributed by atoms with Gasteiger partial charge in [0.25, 0.3) is 5.92 Å². The van der Waals surface area contributed by atoms with Crippen molar-refractivity contribution in [1.29, 1.82) is 0 Å². The van der Waals surface area contributed by atoms with Gasteiger partial charge in [-0.25, -0.2) is 13.8 Å². The van der Waals surface area contributed by atoms with Crippen LogP contribution < -0.4 is 15.5 Å². The van der Waals surface area contributed by atoms with Gasteiger partial charge in [-0.2, -0.15) is 0 Å². The fraction of sp³-hybridized carbons (Fsp3) is 0.571. The Morgan fingerprint density at radius 3 is 2.67 bits per heavy atom. The highest BCUT2D eigenvalue weighted by molar-refractivity contribution is 5.95. The molecule has 2 N–H and O–H groups in total. The number of nitrogens with zero attached hydrogens (tertiary/aromatic N) is 2. The molecule has 5 nitrogen and oxygen atoms in total. The normalized spacial score (nSPS) is 20.3. The topological polar surface area (TPSA) is 57.3 Å². The fourth-order valence-electron chi connectivity index (χ4n) is 2.32. The Kier molecular flexibility index (Phi) is 4.72. The van der Waals surface area contributed by atoms with Gasteiger partial charge in [0.1, 0.15) is 5.82 Å². The van der Waals surface area contributed by atoms with Gasteiger partial charge in [0.2, 0.25) is 5.91 Å². The maximum absolute atomic E-state index is 13.1. The summed E-state index contributed by atoms with van der Waals surface area (Å²) in [6, 6.07) is 2.67. The number of amides is 1. The molecule has 21 heavy (non-hydrogen) atoms. The zero-order valence-electron chi connectivity index (χ0n) is 12.2. The Bertz CT molecular complexity index is 488. The predicted octanol–water partition coefficient (Wildman–Crippen LogP) is 1.86. The van der Waals surface area contributed by atoms with Crippen molar-refractivity contribution in [2.45, 2.75) is 32.2 Å². The van der Waals surface area contributed by atoms with Gasteiger partial charge in [-0.15, -0.1) is 0 Å². The van der Waals surface area contributed by atoms with Crippen molar-refractivity contribution in [3.8, 4) is 0 Å². The van der Waals surface area contributed by atoms with E-state index in [0.717, 1.165) is 18.9 Å². The summed E-state index contributed by atoms with van der Waals surface area (Å²) in [4.78, 5) is 18.2. The minimum atomic E-state index is -2.81. The van der Waals surface area contributed by atoms with Crippen molar-refractivity contribution < 1.29 is 13.6 Å². The lowest BCUT2D eigenvalue weighted by molar-refractivity contribution is -0.118. The van der Waals surface area contributed by atoms with Crippen molar-refractivity contribution in [3.05, 3.63) is 18.3 Å². The Hall–Kier alpha value is -1.76. The second kappa shape index (κ2) is 6.34. The largest absolute Gasteiger partial charge is 0.357 e. The summed E-state index contributed by atoms with van der Waals surface area (Å²) in [5.41, 5.74) is 0.507. The number of pyridine rings is 1. The molecule has 1 aliphatic heterocycles. The molecule has 116 valence electrons. The lowest BCUT2D eigenvalue weighted by Crippen LogP contribution is -2.35. The number of rotatable bonds is 5. The molecule has 1 fully saturated rings. The molecule has 2 heterocycles. The summed E-state index contributed by atoms with van der Waals surface area (Å²) in [5.74, 6) is -2.44. The van der Waals surface area contributed by atoms with E-state index < -0.39 is 30.8 Å². The van der Waals surface area contributed by atoms with Crippen molar-refractivity contribution in [2.24, 2.45) is 0 Å². The van der Waals surface area contributed by atoms with Crippen LogP contribution in [0, 0.1) is 0 Å². The molecule has 0 spiro atoms. The highest BCUT2D eigenvalue weighted by atomic mass is 19.3. The molecule has 1 atom stereocenters. The van der Waals surface area contributed by atoms with E-state index in [1.807, 2.05) is 13.8 Å². The molecule has 1 aliphatic rings. The van der Waals surface area contributed by atoms with Gasteiger partial charge < -0.3 is 10.2 Å². The molecule has 0 bridgehead atoms. The minimum absolute atomic E-state index is 0.454. The molecular weight excluding hydrogens is 278 g/mol. The Balaban J connectivity index is 1.96. The first kappa shape index (κ1) is 15.6. The number of anilines is 2. The van der Waals surface area contributed by atoms with E-state index in [4.69, 9.17) is 0 Å². The average molecular weight is 298 g/mol. The summed E-state index contributed by atoms with van der Waals surface area (Å²) in [6.07, 6.45) is 1.07. The van der Waals surface area contributed by atoms with E-state index in [1.54, 1.807) is 18.3 Å². The quantitative estimate of drug-likeness (QED) is 0.871. The molecule has 1 amide bonds. The number of halogens is 2. The van der Waals surface area contributed by atoms with Crippen LogP contribution >= 0.6 is 0 Å². The van der Waals surface area contributed by atoms with Crippen LogP contribution in [0.4, 0.5) is 20.3 Å². The lowest BCUT2D eigenvalue weighted by Gasteiger charge is -2.19. The van der Waals surface area contributed by atoms with Crippen LogP contribution in [0.15, 0.2) is 18.3 Å². The third-order valence-corrected chi connectivity index (χ3v) is 3.53. The van der Waals surface area contributed by atoms with E-state index in [2.05, 4.69) is 20.5 Å². The summed E-state index contributed by atoms with van der Waals surface area (Å²) >= 11 is 0. The summed E-state index contributed by atoms with van der Waals surface area (Å²) in [6.45, 7) is 5.30. The van der Waals surface area contributed by atoms with Crippen LogP contribution in [-0.4, -0.2) is 42.5 Å². The second-order valence-electron chi connectivity index (χ2n) is 5.06. The molecule has 0 aromatic carbocycles. The number of hydrogen-bond acceptors (Lipinski definition) is 4. The standard InChI is InChI=1S/C14H20F2N4O/c1-3-20(4-2)12-6-5-10(8-17-12)19-13(21)11-7-14(15,16)9-18-11/h5-6,8,11,18H,3-4,7,9H2,1-2H3,(H,19,21). The zero-order valence-corrected chi connectivity index (χ0v) is 12.2. The number of nitrogens with one attached hydrogen (secondary N) is 2. The third-order valence-electron chi connectivity index (χ3n) is 3.53. The first-order chi connectivity index (χ1) is 9.95. The monoisotopic (exact) mass is 298 g/mol. The van der Waals surface area contributed by atoms with Crippen molar-refractivity contribution in [2.75, 3.05) is 29.9 Å². The number of alkyl halides is 2. The molecule has 7 heteroatoms. The van der Waals surface area contributed by atoms with E-state index >= 15 is 0 Å². The van der Waals surface area contributed by atoms with Gasteiger partial charge >= 0.3 is 0 Å². The van der Waals surface area contributed by atoms with Gasteiger partial charge in [0.15, 0.2) is 0 Å². The van der Waals surface area contributed by atoms with Crippen LogP contribution in [0.2, 0.25) is 0 Å². The summed E-state index contributed by atoms with van der Waals surface area (Å²) in [7, 11) is 0. The highest BCUT2D eigenvalue weighted by Gasteiger charge is 2.42. The smallest absolute Gasteiger partial charge is 0.262 e. The molecule has 0 aliphatic carbocycles. The SMILES string of the molecule is CCN(CC)c1ccc(NC(=O)C2CC(F)(F)CN2)cn1.